The molecular weight excluding hydrogens is 190 g/mol. The van der Waals surface area contributed by atoms with Crippen molar-refractivity contribution in [3.8, 4) is 0 Å². The molecule has 0 spiro atoms. The molecule has 0 aliphatic carbocycles. The zero-order chi connectivity index (χ0) is 11.7. The third-order valence-corrected chi connectivity index (χ3v) is 2.43. The first kappa shape index (κ1) is 14.8. The third kappa shape index (κ3) is 8.81. The minimum atomic E-state index is 0.263. The number of nitrogens with zero attached hydrogens (tertiary/aromatic N) is 2. The maximum atomic E-state index is 8.93. The molecule has 0 fully saturated rings. The highest BCUT2D eigenvalue weighted by molar-refractivity contribution is 4.70. The minimum Gasteiger partial charge on any atom is -0.396 e. The maximum Gasteiger partial charge on any atom is 0.0446 e. The van der Waals surface area contributed by atoms with E-state index in [0.717, 1.165) is 32.6 Å². The molecule has 0 aliphatic rings. The Bertz CT molecular complexity index is 136. The lowest BCUT2D eigenvalue weighted by Gasteiger charge is -2.25. The van der Waals surface area contributed by atoms with Crippen LogP contribution in [0.4, 0.5) is 0 Å². The molecule has 2 N–H and O–H groups in total. The van der Waals surface area contributed by atoms with Crippen molar-refractivity contribution in [3.05, 3.63) is 0 Å². The fourth-order valence-electron chi connectivity index (χ4n) is 1.54. The van der Waals surface area contributed by atoms with Gasteiger partial charge < -0.3 is 20.2 Å². The summed E-state index contributed by atoms with van der Waals surface area (Å²) in [6.07, 6.45) is 0.833. The number of hydrogen-bond acceptors (Lipinski definition) is 4. The normalized spacial score (nSPS) is 13.8. The molecule has 1 unspecified atom stereocenters. The van der Waals surface area contributed by atoms with Crippen molar-refractivity contribution in [2.45, 2.75) is 19.4 Å². The summed E-state index contributed by atoms with van der Waals surface area (Å²) in [5.41, 5.74) is 0. The van der Waals surface area contributed by atoms with Crippen LogP contribution in [0.25, 0.3) is 0 Å². The van der Waals surface area contributed by atoms with Gasteiger partial charge in [-0.3, -0.25) is 0 Å². The first-order valence-corrected chi connectivity index (χ1v) is 5.77. The topological polar surface area (TPSA) is 38.7 Å². The maximum absolute atomic E-state index is 8.93. The molecule has 0 rings (SSSR count). The van der Waals surface area contributed by atoms with Crippen LogP contribution in [0.3, 0.4) is 0 Å². The van der Waals surface area contributed by atoms with E-state index in [1.807, 2.05) is 0 Å². The van der Waals surface area contributed by atoms with Crippen molar-refractivity contribution in [2.75, 3.05) is 53.9 Å². The van der Waals surface area contributed by atoms with Gasteiger partial charge in [-0.15, -0.1) is 0 Å². The number of aliphatic hydroxyl groups is 1. The lowest BCUT2D eigenvalue weighted by atomic mass is 10.2. The zero-order valence-electron chi connectivity index (χ0n) is 10.7. The molecule has 0 aromatic carbocycles. The summed E-state index contributed by atoms with van der Waals surface area (Å²) in [7, 11) is 6.30. The van der Waals surface area contributed by atoms with E-state index in [0.29, 0.717) is 6.04 Å². The standard InChI is InChI=1S/C11H27N3O/c1-5-12-11(6-9-15)10-14(4)8-7-13(2)3/h11-12,15H,5-10H2,1-4H3. The fourth-order valence-corrected chi connectivity index (χ4v) is 1.54. The predicted molar refractivity (Wildman–Crippen MR) is 65.2 cm³/mol. The van der Waals surface area contributed by atoms with Crippen molar-refractivity contribution in [1.82, 2.24) is 15.1 Å². The van der Waals surface area contributed by atoms with Crippen molar-refractivity contribution >= 4 is 0 Å². The molecule has 0 heterocycles. The summed E-state index contributed by atoms with van der Waals surface area (Å²) < 4.78 is 0. The van der Waals surface area contributed by atoms with Crippen LogP contribution in [-0.4, -0.2) is 74.9 Å². The molecule has 0 saturated heterocycles. The van der Waals surface area contributed by atoms with Crippen molar-refractivity contribution in [1.29, 1.82) is 0 Å². The first-order valence-electron chi connectivity index (χ1n) is 5.77. The smallest absolute Gasteiger partial charge is 0.0446 e. The van der Waals surface area contributed by atoms with E-state index in [2.05, 4.69) is 43.2 Å². The molecule has 0 aromatic rings. The molecule has 0 aromatic heterocycles. The Hall–Kier alpha value is -0.160. The number of aliphatic hydroxyl groups excluding tert-OH is 1. The van der Waals surface area contributed by atoms with Gasteiger partial charge in [-0.1, -0.05) is 6.92 Å². The molecule has 0 radical (unpaired) electrons. The van der Waals surface area contributed by atoms with E-state index in [1.165, 1.54) is 0 Å². The largest absolute Gasteiger partial charge is 0.396 e. The minimum absolute atomic E-state index is 0.263. The molecule has 4 heteroatoms. The highest BCUT2D eigenvalue weighted by Crippen LogP contribution is 1.95. The van der Waals surface area contributed by atoms with Crippen LogP contribution in [-0.2, 0) is 0 Å². The molecule has 0 bridgehead atoms. The van der Waals surface area contributed by atoms with Gasteiger partial charge >= 0.3 is 0 Å². The van der Waals surface area contributed by atoms with Crippen molar-refractivity contribution in [3.63, 3.8) is 0 Å². The monoisotopic (exact) mass is 217 g/mol. The van der Waals surface area contributed by atoms with Crippen molar-refractivity contribution < 1.29 is 5.11 Å². The molecule has 92 valence electrons. The van der Waals surface area contributed by atoms with Crippen LogP contribution in [0.15, 0.2) is 0 Å². The van der Waals surface area contributed by atoms with E-state index in [9.17, 15) is 0 Å². The van der Waals surface area contributed by atoms with Gasteiger partial charge in [0.2, 0.25) is 0 Å². The quantitative estimate of drug-likeness (QED) is 0.563. The van der Waals surface area contributed by atoms with Gasteiger partial charge in [-0.2, -0.15) is 0 Å². The van der Waals surface area contributed by atoms with Crippen LogP contribution in [0.5, 0.6) is 0 Å². The Balaban J connectivity index is 3.72. The molecule has 0 amide bonds. The lowest BCUT2D eigenvalue weighted by molar-refractivity contribution is 0.219. The Morgan fingerprint density at radius 1 is 1.20 bits per heavy atom. The van der Waals surface area contributed by atoms with Gasteiger partial charge in [-0.25, -0.2) is 0 Å². The molecule has 0 aliphatic heterocycles. The summed E-state index contributed by atoms with van der Waals surface area (Å²) >= 11 is 0. The van der Waals surface area contributed by atoms with E-state index < -0.39 is 0 Å². The summed E-state index contributed by atoms with van der Waals surface area (Å²) in [5.74, 6) is 0. The van der Waals surface area contributed by atoms with Gasteiger partial charge in [0.25, 0.3) is 0 Å². The fraction of sp³-hybridized carbons (Fsp3) is 1.00. The SMILES string of the molecule is CCNC(CCO)CN(C)CCN(C)C. The highest BCUT2D eigenvalue weighted by atomic mass is 16.3. The summed E-state index contributed by atoms with van der Waals surface area (Å²) in [6.45, 7) is 6.48. The Morgan fingerprint density at radius 3 is 2.33 bits per heavy atom. The Kier molecular flexibility index (Phi) is 9.00. The van der Waals surface area contributed by atoms with Crippen LogP contribution < -0.4 is 5.32 Å². The zero-order valence-corrected chi connectivity index (χ0v) is 10.7. The summed E-state index contributed by atoms with van der Waals surface area (Å²) in [4.78, 5) is 4.49. The Morgan fingerprint density at radius 2 is 1.87 bits per heavy atom. The van der Waals surface area contributed by atoms with Gasteiger partial charge in [-0.05, 0) is 34.1 Å². The number of nitrogens with one attached hydrogen (secondary N) is 1. The van der Waals surface area contributed by atoms with E-state index in [-0.39, 0.29) is 6.61 Å². The van der Waals surface area contributed by atoms with E-state index >= 15 is 0 Å². The molecule has 0 saturated carbocycles. The second-order valence-corrected chi connectivity index (χ2v) is 4.33. The lowest BCUT2D eigenvalue weighted by Crippen LogP contribution is -2.42. The van der Waals surface area contributed by atoms with Crippen LogP contribution >= 0.6 is 0 Å². The predicted octanol–water partition coefficient (Wildman–Crippen LogP) is -0.160. The Labute approximate surface area is 94.3 Å². The van der Waals surface area contributed by atoms with Crippen LogP contribution in [0, 0.1) is 0 Å². The average molecular weight is 217 g/mol. The van der Waals surface area contributed by atoms with Crippen LogP contribution in [0.2, 0.25) is 0 Å². The molecular formula is C11H27N3O. The third-order valence-electron chi connectivity index (χ3n) is 2.43. The van der Waals surface area contributed by atoms with E-state index in [4.69, 9.17) is 5.11 Å². The number of hydrogen-bond donors (Lipinski definition) is 2. The molecule has 15 heavy (non-hydrogen) atoms. The second-order valence-electron chi connectivity index (χ2n) is 4.33. The van der Waals surface area contributed by atoms with Gasteiger partial charge in [0.1, 0.15) is 0 Å². The first-order chi connectivity index (χ1) is 7.10. The summed E-state index contributed by atoms with van der Waals surface area (Å²) in [6, 6.07) is 0.409. The summed E-state index contributed by atoms with van der Waals surface area (Å²) in [5, 5.41) is 12.3. The highest BCUT2D eigenvalue weighted by Gasteiger charge is 2.09. The molecule has 4 nitrogen and oxygen atoms in total. The van der Waals surface area contributed by atoms with Gasteiger partial charge in [0.05, 0.1) is 0 Å². The number of likely N-dealkylation sites (N-methyl/N-ethyl adjacent to an activating group) is 3. The van der Waals surface area contributed by atoms with Crippen LogP contribution in [0.1, 0.15) is 13.3 Å². The van der Waals surface area contributed by atoms with Gasteiger partial charge in [0.15, 0.2) is 0 Å². The van der Waals surface area contributed by atoms with E-state index in [1.54, 1.807) is 0 Å². The molecule has 1 atom stereocenters. The number of rotatable bonds is 9. The average Bonchev–Trinajstić information content (AvgIpc) is 2.15. The second kappa shape index (κ2) is 9.09. The van der Waals surface area contributed by atoms with Gasteiger partial charge in [0, 0.05) is 32.3 Å². The van der Waals surface area contributed by atoms with Crippen molar-refractivity contribution in [2.24, 2.45) is 0 Å².